The summed E-state index contributed by atoms with van der Waals surface area (Å²) in [4.78, 5) is 20.8. The molecule has 2 heterocycles. The zero-order chi connectivity index (χ0) is 10.8. The van der Waals surface area contributed by atoms with Gasteiger partial charge in [0.1, 0.15) is 5.52 Å². The summed E-state index contributed by atoms with van der Waals surface area (Å²) in [5.41, 5.74) is 1.19. The van der Waals surface area contributed by atoms with E-state index in [-0.39, 0.29) is 5.28 Å². The lowest BCUT2D eigenvalue weighted by molar-refractivity contribution is 0.643. The number of aromatic nitrogens is 4. The van der Waals surface area contributed by atoms with Gasteiger partial charge in [-0.15, -0.1) is 0 Å². The fourth-order valence-electron chi connectivity index (χ4n) is 1.06. The Balaban J connectivity index is 2.53. The highest BCUT2D eigenvalue weighted by Crippen LogP contribution is 2.20. The standard InChI is InChI=1S/C8H9ClN6/c1-15(2)4-12-7-5-6(11-3-10-5)13-8(9)14-7/h3-4H,1-2H3,(H,10,11,13,14). The Hall–Kier alpha value is -1.69. The average Bonchev–Trinajstić information content (AvgIpc) is 2.61. The van der Waals surface area contributed by atoms with Crippen LogP contribution in [0.2, 0.25) is 5.28 Å². The average molecular weight is 225 g/mol. The summed E-state index contributed by atoms with van der Waals surface area (Å²) in [5.74, 6) is 0.483. The second-order valence-electron chi connectivity index (χ2n) is 3.13. The van der Waals surface area contributed by atoms with Crippen LogP contribution in [0.1, 0.15) is 0 Å². The molecule has 1 N–H and O–H groups in total. The lowest BCUT2D eigenvalue weighted by atomic mass is 10.5. The monoisotopic (exact) mass is 224 g/mol. The van der Waals surface area contributed by atoms with Gasteiger partial charge in [-0.3, -0.25) is 0 Å². The maximum atomic E-state index is 5.73. The molecule has 0 radical (unpaired) electrons. The van der Waals surface area contributed by atoms with Crippen molar-refractivity contribution in [2.24, 2.45) is 4.99 Å². The van der Waals surface area contributed by atoms with Crippen LogP contribution < -0.4 is 0 Å². The molecule has 15 heavy (non-hydrogen) atoms. The summed E-state index contributed by atoms with van der Waals surface area (Å²) in [6.45, 7) is 0. The normalized spacial score (nSPS) is 11.4. The third-order valence-electron chi connectivity index (χ3n) is 1.65. The molecule has 2 aromatic rings. The van der Waals surface area contributed by atoms with Gasteiger partial charge in [0, 0.05) is 14.1 Å². The molecule has 7 heteroatoms. The van der Waals surface area contributed by atoms with Gasteiger partial charge in [-0.2, -0.15) is 9.97 Å². The van der Waals surface area contributed by atoms with E-state index in [1.54, 1.807) is 11.2 Å². The molecule has 0 spiro atoms. The molecular formula is C8H9ClN6. The van der Waals surface area contributed by atoms with Crippen LogP contribution in [-0.4, -0.2) is 45.3 Å². The summed E-state index contributed by atoms with van der Waals surface area (Å²) in [5, 5.41) is 0.139. The Morgan fingerprint density at radius 1 is 1.47 bits per heavy atom. The van der Waals surface area contributed by atoms with E-state index in [1.807, 2.05) is 14.1 Å². The minimum atomic E-state index is 0.139. The number of imidazole rings is 1. The second-order valence-corrected chi connectivity index (χ2v) is 3.46. The third-order valence-corrected chi connectivity index (χ3v) is 1.82. The Morgan fingerprint density at radius 3 is 3.00 bits per heavy atom. The second kappa shape index (κ2) is 3.82. The van der Waals surface area contributed by atoms with E-state index in [1.165, 1.54) is 6.33 Å². The summed E-state index contributed by atoms with van der Waals surface area (Å²) < 4.78 is 0. The predicted octanol–water partition coefficient (Wildman–Crippen LogP) is 1.23. The first-order valence-electron chi connectivity index (χ1n) is 4.24. The van der Waals surface area contributed by atoms with Crippen LogP contribution in [0.5, 0.6) is 0 Å². The van der Waals surface area contributed by atoms with Gasteiger partial charge >= 0.3 is 0 Å². The SMILES string of the molecule is CN(C)C=Nc1nc(Cl)nc2nc[nH]c12. The van der Waals surface area contributed by atoms with Crippen LogP contribution in [0.3, 0.4) is 0 Å². The van der Waals surface area contributed by atoms with E-state index >= 15 is 0 Å². The molecule has 6 nitrogen and oxygen atoms in total. The molecule has 78 valence electrons. The lowest BCUT2D eigenvalue weighted by Crippen LogP contribution is -2.07. The zero-order valence-corrected chi connectivity index (χ0v) is 9.02. The third kappa shape index (κ3) is 2.04. The number of hydrogen-bond acceptors (Lipinski definition) is 4. The molecule has 0 bridgehead atoms. The van der Waals surface area contributed by atoms with E-state index in [9.17, 15) is 0 Å². The summed E-state index contributed by atoms with van der Waals surface area (Å²) >= 11 is 5.73. The van der Waals surface area contributed by atoms with Crippen LogP contribution in [0, 0.1) is 0 Å². The molecule has 0 saturated carbocycles. The number of nitrogens with zero attached hydrogens (tertiary/aromatic N) is 5. The van der Waals surface area contributed by atoms with Crippen LogP contribution >= 0.6 is 11.6 Å². The number of hydrogen-bond donors (Lipinski definition) is 1. The molecule has 0 fully saturated rings. The summed E-state index contributed by atoms with van der Waals surface area (Å²) in [7, 11) is 3.74. The van der Waals surface area contributed by atoms with Crippen LogP contribution in [0.25, 0.3) is 11.2 Å². The van der Waals surface area contributed by atoms with Gasteiger partial charge < -0.3 is 9.88 Å². The molecule has 0 aliphatic carbocycles. The van der Waals surface area contributed by atoms with Gasteiger partial charge in [-0.1, -0.05) is 0 Å². The lowest BCUT2D eigenvalue weighted by Gasteiger charge is -2.02. The maximum absolute atomic E-state index is 5.73. The van der Waals surface area contributed by atoms with Gasteiger partial charge in [0.15, 0.2) is 11.5 Å². The molecule has 0 unspecified atom stereocenters. The van der Waals surface area contributed by atoms with E-state index in [0.717, 1.165) is 0 Å². The fourth-order valence-corrected chi connectivity index (χ4v) is 1.22. The van der Waals surface area contributed by atoms with Crippen molar-refractivity contribution in [2.45, 2.75) is 0 Å². The van der Waals surface area contributed by atoms with Crippen molar-refractivity contribution in [3.8, 4) is 0 Å². The van der Waals surface area contributed by atoms with Crippen LogP contribution in [-0.2, 0) is 0 Å². The Morgan fingerprint density at radius 2 is 2.27 bits per heavy atom. The van der Waals surface area contributed by atoms with E-state index in [2.05, 4.69) is 24.9 Å². The van der Waals surface area contributed by atoms with Gasteiger partial charge in [-0.25, -0.2) is 9.98 Å². The smallest absolute Gasteiger partial charge is 0.226 e. The first-order chi connectivity index (χ1) is 7.16. The van der Waals surface area contributed by atoms with Gasteiger partial charge in [-0.05, 0) is 11.6 Å². The van der Waals surface area contributed by atoms with Crippen molar-refractivity contribution in [3.63, 3.8) is 0 Å². The molecule has 2 rings (SSSR count). The number of aromatic amines is 1. The predicted molar refractivity (Wildman–Crippen MR) is 58.5 cm³/mol. The fraction of sp³-hybridized carbons (Fsp3) is 0.250. The van der Waals surface area contributed by atoms with Crippen molar-refractivity contribution in [1.29, 1.82) is 0 Å². The Bertz CT molecular complexity index is 503. The first-order valence-corrected chi connectivity index (χ1v) is 4.62. The number of H-pyrrole nitrogens is 1. The highest BCUT2D eigenvalue weighted by Gasteiger charge is 2.06. The van der Waals surface area contributed by atoms with E-state index in [0.29, 0.717) is 17.0 Å². The van der Waals surface area contributed by atoms with Crippen molar-refractivity contribution in [2.75, 3.05) is 14.1 Å². The molecule has 0 saturated heterocycles. The molecular weight excluding hydrogens is 216 g/mol. The van der Waals surface area contributed by atoms with Gasteiger partial charge in [0.05, 0.1) is 12.7 Å². The Kier molecular flexibility index (Phi) is 2.51. The minimum Gasteiger partial charge on any atom is -0.369 e. The van der Waals surface area contributed by atoms with Crippen molar-refractivity contribution in [3.05, 3.63) is 11.6 Å². The Labute approximate surface area is 91.0 Å². The van der Waals surface area contributed by atoms with Crippen LogP contribution in [0.15, 0.2) is 11.3 Å². The number of nitrogens with one attached hydrogen (secondary N) is 1. The maximum Gasteiger partial charge on any atom is 0.226 e. The highest BCUT2D eigenvalue weighted by atomic mass is 35.5. The molecule has 0 aliphatic heterocycles. The minimum absolute atomic E-state index is 0.139. The molecule has 0 amide bonds. The number of fused-ring (bicyclic) bond motifs is 1. The summed E-state index contributed by atoms with van der Waals surface area (Å²) in [6, 6.07) is 0. The first kappa shape index (κ1) is 9.85. The van der Waals surface area contributed by atoms with Crippen molar-refractivity contribution in [1.82, 2.24) is 24.8 Å². The molecule has 2 aromatic heterocycles. The van der Waals surface area contributed by atoms with Gasteiger partial charge in [0.2, 0.25) is 5.28 Å². The topological polar surface area (TPSA) is 70.1 Å². The number of aliphatic imine (C=N–C) groups is 1. The van der Waals surface area contributed by atoms with Crippen molar-refractivity contribution < 1.29 is 0 Å². The zero-order valence-electron chi connectivity index (χ0n) is 8.27. The van der Waals surface area contributed by atoms with E-state index < -0.39 is 0 Å². The summed E-state index contributed by atoms with van der Waals surface area (Å²) in [6.07, 6.45) is 3.17. The van der Waals surface area contributed by atoms with E-state index in [4.69, 9.17) is 11.6 Å². The number of rotatable bonds is 2. The van der Waals surface area contributed by atoms with Gasteiger partial charge in [0.25, 0.3) is 0 Å². The largest absolute Gasteiger partial charge is 0.369 e. The van der Waals surface area contributed by atoms with Crippen molar-refractivity contribution >= 4 is 34.9 Å². The highest BCUT2D eigenvalue weighted by molar-refractivity contribution is 6.28. The molecule has 0 aliphatic rings. The van der Waals surface area contributed by atoms with Crippen LogP contribution in [0.4, 0.5) is 5.82 Å². The number of halogens is 1. The quantitative estimate of drug-likeness (QED) is 0.473. The molecule has 0 atom stereocenters. The molecule has 0 aromatic carbocycles.